The third kappa shape index (κ3) is 3.73. The number of carbonyl (C=O) groups is 1. The molecule has 110 valence electrons. The summed E-state index contributed by atoms with van der Waals surface area (Å²) in [5, 5.41) is 2.60. The van der Waals surface area contributed by atoms with Crippen molar-refractivity contribution in [1.82, 2.24) is 5.32 Å². The number of benzene rings is 1. The van der Waals surface area contributed by atoms with Crippen LogP contribution >= 0.6 is 15.9 Å². The number of rotatable bonds is 3. The Balaban J connectivity index is 2.08. The Bertz CT molecular complexity index is 499. The van der Waals surface area contributed by atoms with Gasteiger partial charge in [0.05, 0.1) is 17.2 Å². The molecule has 3 nitrogen and oxygen atoms in total. The Labute approximate surface area is 122 Å². The van der Waals surface area contributed by atoms with Crippen molar-refractivity contribution in [2.75, 3.05) is 13.2 Å². The topological polar surface area (TPSA) is 38.3 Å². The van der Waals surface area contributed by atoms with Gasteiger partial charge in [-0.1, -0.05) is 0 Å². The summed E-state index contributed by atoms with van der Waals surface area (Å²) < 4.78 is 43.6. The second kappa shape index (κ2) is 6.13. The number of nitrogens with one attached hydrogen (secondary N) is 1. The fourth-order valence-corrected chi connectivity index (χ4v) is 2.41. The molecule has 1 N–H and O–H groups in total. The number of amides is 1. The van der Waals surface area contributed by atoms with Gasteiger partial charge in [0.2, 0.25) is 0 Å². The third-order valence-electron chi connectivity index (χ3n) is 3.05. The molecule has 2 rings (SSSR count). The molecule has 1 aliphatic rings. The average molecular weight is 352 g/mol. The van der Waals surface area contributed by atoms with Crippen molar-refractivity contribution in [3.05, 3.63) is 33.8 Å². The SMILES string of the molecule is O=C(NCC1CCCO1)c1cc(C(F)(F)F)ccc1Br. The lowest BCUT2D eigenvalue weighted by Gasteiger charge is -2.13. The number of ether oxygens (including phenoxy) is 1. The molecule has 1 saturated heterocycles. The van der Waals surface area contributed by atoms with Crippen LogP contribution in [0.5, 0.6) is 0 Å². The van der Waals surface area contributed by atoms with E-state index < -0.39 is 17.6 Å². The van der Waals surface area contributed by atoms with Gasteiger partial charge in [-0.25, -0.2) is 0 Å². The highest BCUT2D eigenvalue weighted by atomic mass is 79.9. The molecule has 0 bridgehead atoms. The summed E-state index contributed by atoms with van der Waals surface area (Å²) in [5.41, 5.74) is -0.874. The van der Waals surface area contributed by atoms with Crippen molar-refractivity contribution in [3.63, 3.8) is 0 Å². The van der Waals surface area contributed by atoms with E-state index in [9.17, 15) is 18.0 Å². The lowest BCUT2D eigenvalue weighted by Crippen LogP contribution is -2.32. The number of carbonyl (C=O) groups excluding carboxylic acids is 1. The van der Waals surface area contributed by atoms with Crippen molar-refractivity contribution < 1.29 is 22.7 Å². The molecule has 1 aliphatic heterocycles. The number of alkyl halides is 3. The largest absolute Gasteiger partial charge is 0.416 e. The van der Waals surface area contributed by atoms with Crippen LogP contribution in [0.25, 0.3) is 0 Å². The van der Waals surface area contributed by atoms with Crippen molar-refractivity contribution in [1.29, 1.82) is 0 Å². The lowest BCUT2D eigenvalue weighted by molar-refractivity contribution is -0.137. The molecule has 1 fully saturated rings. The fraction of sp³-hybridized carbons (Fsp3) is 0.462. The van der Waals surface area contributed by atoms with Gasteiger partial charge in [0.15, 0.2) is 0 Å². The van der Waals surface area contributed by atoms with E-state index in [0.29, 0.717) is 17.6 Å². The van der Waals surface area contributed by atoms with Gasteiger partial charge in [0.1, 0.15) is 0 Å². The van der Waals surface area contributed by atoms with E-state index in [1.807, 2.05) is 0 Å². The summed E-state index contributed by atoms with van der Waals surface area (Å²) in [4.78, 5) is 11.9. The summed E-state index contributed by atoms with van der Waals surface area (Å²) in [6, 6.07) is 3.00. The maximum atomic E-state index is 12.6. The molecule has 1 aromatic carbocycles. The monoisotopic (exact) mass is 351 g/mol. The van der Waals surface area contributed by atoms with Crippen molar-refractivity contribution in [3.8, 4) is 0 Å². The molecule has 0 spiro atoms. The second-order valence-electron chi connectivity index (χ2n) is 4.54. The first-order valence-corrected chi connectivity index (χ1v) is 6.94. The van der Waals surface area contributed by atoms with Gasteiger partial charge >= 0.3 is 6.18 Å². The minimum absolute atomic E-state index is 0.0298. The zero-order chi connectivity index (χ0) is 14.8. The van der Waals surface area contributed by atoms with E-state index in [1.54, 1.807) is 0 Å². The molecular weight excluding hydrogens is 339 g/mol. The Morgan fingerprint density at radius 2 is 2.20 bits per heavy atom. The predicted molar refractivity (Wildman–Crippen MR) is 70.5 cm³/mol. The highest BCUT2D eigenvalue weighted by molar-refractivity contribution is 9.10. The Kier molecular flexibility index (Phi) is 4.70. The first kappa shape index (κ1) is 15.3. The number of hydrogen-bond donors (Lipinski definition) is 1. The van der Waals surface area contributed by atoms with E-state index in [0.717, 1.165) is 25.0 Å². The van der Waals surface area contributed by atoms with Crippen LogP contribution < -0.4 is 5.32 Å². The molecule has 0 aliphatic carbocycles. The second-order valence-corrected chi connectivity index (χ2v) is 5.39. The van der Waals surface area contributed by atoms with Gasteiger partial charge < -0.3 is 10.1 Å². The van der Waals surface area contributed by atoms with Gasteiger partial charge in [0, 0.05) is 17.6 Å². The molecule has 7 heteroatoms. The van der Waals surface area contributed by atoms with Gasteiger partial charge in [-0.3, -0.25) is 4.79 Å². The zero-order valence-electron chi connectivity index (χ0n) is 10.5. The van der Waals surface area contributed by atoms with Crippen LogP contribution in [0.2, 0.25) is 0 Å². The van der Waals surface area contributed by atoms with E-state index >= 15 is 0 Å². The zero-order valence-corrected chi connectivity index (χ0v) is 12.1. The molecular formula is C13H13BrF3NO2. The standard InChI is InChI=1S/C13H13BrF3NO2/c14-11-4-3-8(13(15,16)17)6-10(11)12(19)18-7-9-2-1-5-20-9/h3-4,6,9H,1-2,5,7H2,(H,18,19). The van der Waals surface area contributed by atoms with Gasteiger partial charge in [-0.05, 0) is 47.0 Å². The smallest absolute Gasteiger partial charge is 0.376 e. The lowest BCUT2D eigenvalue weighted by atomic mass is 10.1. The summed E-state index contributed by atoms with van der Waals surface area (Å²) in [5.74, 6) is -0.543. The maximum Gasteiger partial charge on any atom is 0.416 e. The van der Waals surface area contributed by atoms with Crippen LogP contribution in [-0.2, 0) is 10.9 Å². The average Bonchev–Trinajstić information content (AvgIpc) is 2.88. The minimum atomic E-state index is -4.47. The van der Waals surface area contributed by atoms with E-state index in [1.165, 1.54) is 6.07 Å². The van der Waals surface area contributed by atoms with Crippen LogP contribution in [0.3, 0.4) is 0 Å². The van der Waals surface area contributed by atoms with Crippen LogP contribution in [0, 0.1) is 0 Å². The van der Waals surface area contributed by atoms with Gasteiger partial charge in [-0.2, -0.15) is 13.2 Å². The Morgan fingerprint density at radius 1 is 1.45 bits per heavy atom. The Morgan fingerprint density at radius 3 is 2.80 bits per heavy atom. The molecule has 20 heavy (non-hydrogen) atoms. The molecule has 0 saturated carbocycles. The predicted octanol–water partition coefficient (Wildman–Crippen LogP) is 3.38. The van der Waals surface area contributed by atoms with Crippen LogP contribution in [0.1, 0.15) is 28.8 Å². The summed E-state index contributed by atoms with van der Waals surface area (Å²) >= 11 is 3.09. The van der Waals surface area contributed by atoms with Crippen LogP contribution in [0.4, 0.5) is 13.2 Å². The van der Waals surface area contributed by atoms with Crippen LogP contribution in [0.15, 0.2) is 22.7 Å². The minimum Gasteiger partial charge on any atom is -0.376 e. The quantitative estimate of drug-likeness (QED) is 0.906. The summed E-state index contributed by atoms with van der Waals surface area (Å²) in [6.45, 7) is 0.968. The highest BCUT2D eigenvalue weighted by Gasteiger charge is 2.31. The number of hydrogen-bond acceptors (Lipinski definition) is 2. The number of halogens is 4. The molecule has 0 radical (unpaired) electrons. The van der Waals surface area contributed by atoms with E-state index in [-0.39, 0.29) is 11.7 Å². The van der Waals surface area contributed by atoms with Gasteiger partial charge in [0.25, 0.3) is 5.91 Å². The molecule has 0 aromatic heterocycles. The van der Waals surface area contributed by atoms with Gasteiger partial charge in [-0.15, -0.1) is 0 Å². The van der Waals surface area contributed by atoms with E-state index in [4.69, 9.17) is 4.74 Å². The summed E-state index contributed by atoms with van der Waals surface area (Å²) in [6.07, 6.45) is -2.73. The Hall–Kier alpha value is -1.08. The first-order chi connectivity index (χ1) is 9.38. The van der Waals surface area contributed by atoms with Crippen LogP contribution in [-0.4, -0.2) is 25.2 Å². The van der Waals surface area contributed by atoms with E-state index in [2.05, 4.69) is 21.2 Å². The summed E-state index contributed by atoms with van der Waals surface area (Å²) in [7, 11) is 0. The van der Waals surface area contributed by atoms with Crippen molar-refractivity contribution in [2.24, 2.45) is 0 Å². The molecule has 1 unspecified atom stereocenters. The normalized spacial score (nSPS) is 19.1. The first-order valence-electron chi connectivity index (χ1n) is 6.14. The third-order valence-corrected chi connectivity index (χ3v) is 3.74. The maximum absolute atomic E-state index is 12.6. The molecule has 1 amide bonds. The fourth-order valence-electron chi connectivity index (χ4n) is 1.98. The molecule has 1 atom stereocenters. The molecule has 1 heterocycles. The van der Waals surface area contributed by atoms with Crippen molar-refractivity contribution in [2.45, 2.75) is 25.1 Å². The highest BCUT2D eigenvalue weighted by Crippen LogP contribution is 2.31. The van der Waals surface area contributed by atoms with Crippen molar-refractivity contribution >= 4 is 21.8 Å². The molecule has 1 aromatic rings.